The zero-order valence-corrected chi connectivity index (χ0v) is 11.0. The van der Waals surface area contributed by atoms with E-state index in [4.69, 9.17) is 10.5 Å². The molecule has 0 radical (unpaired) electrons. The van der Waals surface area contributed by atoms with Gasteiger partial charge in [0, 0.05) is 21.5 Å². The van der Waals surface area contributed by atoms with E-state index in [1.54, 1.807) is 6.07 Å². The molecule has 0 bridgehead atoms. The van der Waals surface area contributed by atoms with Gasteiger partial charge in [0.2, 0.25) is 0 Å². The predicted molar refractivity (Wildman–Crippen MR) is 67.3 cm³/mol. The van der Waals surface area contributed by atoms with Crippen molar-refractivity contribution in [3.63, 3.8) is 0 Å². The molecule has 1 aromatic carbocycles. The molecule has 1 aromatic rings. The van der Waals surface area contributed by atoms with Crippen molar-refractivity contribution in [2.75, 3.05) is 13.2 Å². The summed E-state index contributed by atoms with van der Waals surface area (Å²) in [4.78, 5) is 0. The minimum atomic E-state index is -0.135. The van der Waals surface area contributed by atoms with Crippen molar-refractivity contribution in [2.45, 2.75) is 24.3 Å². The van der Waals surface area contributed by atoms with Gasteiger partial charge in [0.1, 0.15) is 5.82 Å². The Hall–Kier alpha value is -0.450. The Morgan fingerprint density at radius 3 is 2.59 bits per heavy atom. The Kier molecular flexibility index (Phi) is 2.76. The van der Waals surface area contributed by atoms with E-state index in [-0.39, 0.29) is 17.3 Å². The van der Waals surface area contributed by atoms with Crippen LogP contribution >= 0.6 is 15.9 Å². The SMILES string of the molecule is NC1CC(C2(c3cc(Br)ccc3F)COC2)C1. The molecule has 1 aliphatic heterocycles. The van der Waals surface area contributed by atoms with Crippen LogP contribution in [0.2, 0.25) is 0 Å². The second-order valence-corrected chi connectivity index (χ2v) is 6.12. The minimum Gasteiger partial charge on any atom is -0.379 e. The predicted octanol–water partition coefficient (Wildman–Crippen LogP) is 2.59. The number of ether oxygens (including phenoxy) is 1. The summed E-state index contributed by atoms with van der Waals surface area (Å²) in [6, 6.07) is 5.44. The number of rotatable bonds is 2. The van der Waals surface area contributed by atoms with Crippen LogP contribution < -0.4 is 5.73 Å². The van der Waals surface area contributed by atoms with Crippen LogP contribution in [0.3, 0.4) is 0 Å². The molecule has 2 fully saturated rings. The molecule has 92 valence electrons. The fraction of sp³-hybridized carbons (Fsp3) is 0.538. The fourth-order valence-corrected chi connectivity index (χ4v) is 3.29. The molecule has 2 aliphatic rings. The Morgan fingerprint density at radius 1 is 1.35 bits per heavy atom. The highest BCUT2D eigenvalue weighted by Crippen LogP contribution is 2.49. The van der Waals surface area contributed by atoms with Gasteiger partial charge in [-0.05, 0) is 37.0 Å². The van der Waals surface area contributed by atoms with Crippen LogP contribution in [0.4, 0.5) is 4.39 Å². The number of benzene rings is 1. The third kappa shape index (κ3) is 1.74. The zero-order valence-electron chi connectivity index (χ0n) is 9.46. The van der Waals surface area contributed by atoms with Crippen LogP contribution in [0.1, 0.15) is 18.4 Å². The molecule has 0 aromatic heterocycles. The Bertz CT molecular complexity index is 441. The van der Waals surface area contributed by atoms with Gasteiger partial charge in [-0.1, -0.05) is 15.9 Å². The summed E-state index contributed by atoms with van der Waals surface area (Å²) in [6.07, 6.45) is 1.96. The molecule has 0 atom stereocenters. The van der Waals surface area contributed by atoms with E-state index in [2.05, 4.69) is 15.9 Å². The molecule has 3 rings (SSSR count). The summed E-state index contributed by atoms with van der Waals surface area (Å²) in [5.74, 6) is 0.340. The smallest absolute Gasteiger partial charge is 0.127 e. The highest BCUT2D eigenvalue weighted by Gasteiger charge is 2.52. The lowest BCUT2D eigenvalue weighted by Gasteiger charge is -2.53. The van der Waals surface area contributed by atoms with Crippen molar-refractivity contribution in [1.29, 1.82) is 0 Å². The normalized spacial score (nSPS) is 30.5. The van der Waals surface area contributed by atoms with Crippen LogP contribution in [0.25, 0.3) is 0 Å². The van der Waals surface area contributed by atoms with Crippen molar-refractivity contribution < 1.29 is 9.13 Å². The van der Waals surface area contributed by atoms with Crippen LogP contribution in [-0.2, 0) is 10.2 Å². The quantitative estimate of drug-likeness (QED) is 0.911. The third-order valence-corrected chi connectivity index (χ3v) is 4.63. The van der Waals surface area contributed by atoms with Gasteiger partial charge in [0.25, 0.3) is 0 Å². The first-order valence-corrected chi connectivity index (χ1v) is 6.70. The van der Waals surface area contributed by atoms with Gasteiger partial charge < -0.3 is 10.5 Å². The molecule has 1 saturated carbocycles. The maximum Gasteiger partial charge on any atom is 0.127 e. The summed E-state index contributed by atoms with van der Waals surface area (Å²) in [6.45, 7) is 1.25. The lowest BCUT2D eigenvalue weighted by Crippen LogP contribution is -2.58. The van der Waals surface area contributed by atoms with Crippen molar-refractivity contribution in [2.24, 2.45) is 11.7 Å². The number of hydrogen-bond donors (Lipinski definition) is 1. The molecule has 1 heterocycles. The van der Waals surface area contributed by atoms with Gasteiger partial charge >= 0.3 is 0 Å². The van der Waals surface area contributed by atoms with Crippen molar-refractivity contribution in [3.05, 3.63) is 34.1 Å². The molecule has 2 nitrogen and oxygen atoms in total. The van der Waals surface area contributed by atoms with Crippen LogP contribution in [0.15, 0.2) is 22.7 Å². The standard InChI is InChI=1S/C13H15BrFNO/c14-9-1-2-12(15)11(5-9)13(6-17-7-13)8-3-10(16)4-8/h1-2,5,8,10H,3-4,6-7,16H2. The van der Waals surface area contributed by atoms with Crippen molar-refractivity contribution in [1.82, 2.24) is 0 Å². The van der Waals surface area contributed by atoms with Crippen molar-refractivity contribution >= 4 is 15.9 Å². The zero-order chi connectivity index (χ0) is 12.0. The molecule has 0 spiro atoms. The van der Waals surface area contributed by atoms with Gasteiger partial charge in [0.15, 0.2) is 0 Å². The largest absolute Gasteiger partial charge is 0.379 e. The van der Waals surface area contributed by atoms with Crippen LogP contribution in [-0.4, -0.2) is 19.3 Å². The van der Waals surface area contributed by atoms with Gasteiger partial charge in [-0.3, -0.25) is 0 Å². The average Bonchev–Trinajstić information content (AvgIpc) is 2.19. The van der Waals surface area contributed by atoms with Gasteiger partial charge in [-0.2, -0.15) is 0 Å². The molecule has 17 heavy (non-hydrogen) atoms. The molecule has 0 amide bonds. The van der Waals surface area contributed by atoms with E-state index in [0.29, 0.717) is 19.1 Å². The summed E-state index contributed by atoms with van der Waals surface area (Å²) in [7, 11) is 0. The fourth-order valence-electron chi connectivity index (χ4n) is 2.93. The summed E-state index contributed by atoms with van der Waals surface area (Å²) in [5, 5.41) is 0. The van der Waals surface area contributed by atoms with Gasteiger partial charge in [-0.25, -0.2) is 4.39 Å². The maximum absolute atomic E-state index is 14.0. The van der Waals surface area contributed by atoms with E-state index >= 15 is 0 Å². The van der Waals surface area contributed by atoms with Crippen LogP contribution in [0, 0.1) is 11.7 Å². The Balaban J connectivity index is 1.97. The topological polar surface area (TPSA) is 35.2 Å². The highest BCUT2D eigenvalue weighted by molar-refractivity contribution is 9.10. The van der Waals surface area contributed by atoms with E-state index in [9.17, 15) is 4.39 Å². The summed E-state index contributed by atoms with van der Waals surface area (Å²) in [5.41, 5.74) is 6.50. The first-order valence-electron chi connectivity index (χ1n) is 5.91. The van der Waals surface area contributed by atoms with E-state index in [0.717, 1.165) is 22.9 Å². The van der Waals surface area contributed by atoms with Crippen LogP contribution in [0.5, 0.6) is 0 Å². The first kappa shape index (κ1) is 11.6. The number of nitrogens with two attached hydrogens (primary N) is 1. The van der Waals surface area contributed by atoms with Gasteiger partial charge in [0.05, 0.1) is 13.2 Å². The monoisotopic (exact) mass is 299 g/mol. The van der Waals surface area contributed by atoms with E-state index < -0.39 is 0 Å². The third-order valence-electron chi connectivity index (χ3n) is 4.14. The maximum atomic E-state index is 14.0. The lowest BCUT2D eigenvalue weighted by atomic mass is 9.59. The number of halogens is 2. The average molecular weight is 300 g/mol. The van der Waals surface area contributed by atoms with E-state index in [1.165, 1.54) is 6.07 Å². The molecular formula is C13H15BrFNO. The molecule has 0 unspecified atom stereocenters. The first-order chi connectivity index (χ1) is 8.12. The molecule has 1 aliphatic carbocycles. The highest BCUT2D eigenvalue weighted by atomic mass is 79.9. The molecular weight excluding hydrogens is 285 g/mol. The minimum absolute atomic E-state index is 0.128. The summed E-state index contributed by atoms with van der Waals surface area (Å²) < 4.78 is 20.3. The second-order valence-electron chi connectivity index (χ2n) is 5.20. The molecule has 4 heteroatoms. The van der Waals surface area contributed by atoms with Gasteiger partial charge in [-0.15, -0.1) is 0 Å². The molecule has 1 saturated heterocycles. The second kappa shape index (κ2) is 4.04. The lowest BCUT2D eigenvalue weighted by molar-refractivity contribution is -0.112. The Morgan fingerprint density at radius 2 is 2.06 bits per heavy atom. The van der Waals surface area contributed by atoms with Crippen molar-refractivity contribution in [3.8, 4) is 0 Å². The number of hydrogen-bond acceptors (Lipinski definition) is 2. The molecule has 2 N–H and O–H groups in total. The Labute approximate surface area is 108 Å². The summed E-state index contributed by atoms with van der Waals surface area (Å²) >= 11 is 3.41. The van der Waals surface area contributed by atoms with E-state index in [1.807, 2.05) is 6.07 Å².